The minimum absolute atomic E-state index is 0.202. The summed E-state index contributed by atoms with van der Waals surface area (Å²) in [7, 11) is 0. The lowest BCUT2D eigenvalue weighted by Gasteiger charge is -2.01. The van der Waals surface area contributed by atoms with Gasteiger partial charge in [0.1, 0.15) is 5.82 Å². The van der Waals surface area contributed by atoms with Crippen LogP contribution in [0.25, 0.3) is 10.4 Å². The Kier molecular flexibility index (Phi) is 2.84. The molecule has 1 aromatic heterocycles. The second-order valence-electron chi connectivity index (χ2n) is 3.43. The highest BCUT2D eigenvalue weighted by Crippen LogP contribution is 2.32. The van der Waals surface area contributed by atoms with Crippen LogP contribution in [0.15, 0.2) is 29.6 Å². The summed E-state index contributed by atoms with van der Waals surface area (Å²) < 4.78 is 12.8. The fraction of sp³-hybridized carbons (Fsp3) is 0.167. The molecule has 15 heavy (non-hydrogen) atoms. The first-order chi connectivity index (χ1) is 7.22. The van der Waals surface area contributed by atoms with Crippen molar-refractivity contribution in [1.29, 1.82) is 0 Å². The first-order valence-electron chi connectivity index (χ1n) is 4.75. The van der Waals surface area contributed by atoms with Crippen LogP contribution < -0.4 is 5.73 Å². The van der Waals surface area contributed by atoms with Crippen molar-refractivity contribution in [3.05, 3.63) is 46.6 Å². The molecule has 0 amide bonds. The van der Waals surface area contributed by atoms with Crippen LogP contribution in [0.3, 0.4) is 0 Å². The molecule has 0 saturated heterocycles. The van der Waals surface area contributed by atoms with Crippen molar-refractivity contribution >= 4 is 11.3 Å². The monoisotopic (exact) mass is 221 g/mol. The van der Waals surface area contributed by atoms with Crippen LogP contribution in [0.4, 0.5) is 4.39 Å². The zero-order valence-electron chi connectivity index (χ0n) is 8.46. The maximum atomic E-state index is 12.8. The average molecular weight is 221 g/mol. The van der Waals surface area contributed by atoms with E-state index in [1.165, 1.54) is 28.1 Å². The SMILES string of the molecule is Cc1c(CN)csc1-c1ccc(F)cc1. The van der Waals surface area contributed by atoms with E-state index in [2.05, 4.69) is 12.3 Å². The number of halogens is 1. The molecule has 1 heterocycles. The predicted molar refractivity (Wildman–Crippen MR) is 62.3 cm³/mol. The van der Waals surface area contributed by atoms with E-state index in [0.717, 1.165) is 5.56 Å². The van der Waals surface area contributed by atoms with Gasteiger partial charge < -0.3 is 5.73 Å². The van der Waals surface area contributed by atoms with Crippen molar-refractivity contribution in [3.63, 3.8) is 0 Å². The van der Waals surface area contributed by atoms with Crippen LogP contribution in [0.5, 0.6) is 0 Å². The second kappa shape index (κ2) is 4.13. The highest BCUT2D eigenvalue weighted by atomic mass is 32.1. The first kappa shape index (κ1) is 10.3. The molecule has 0 fully saturated rings. The van der Waals surface area contributed by atoms with Crippen LogP contribution in [0, 0.1) is 12.7 Å². The van der Waals surface area contributed by atoms with E-state index in [9.17, 15) is 4.39 Å². The standard InChI is InChI=1S/C12H12FNS/c1-8-10(6-14)7-15-12(8)9-2-4-11(13)5-3-9/h2-5,7H,6,14H2,1H3. The summed E-state index contributed by atoms with van der Waals surface area (Å²) in [5.41, 5.74) is 9.04. The largest absolute Gasteiger partial charge is 0.326 e. The number of hydrogen-bond acceptors (Lipinski definition) is 2. The fourth-order valence-electron chi connectivity index (χ4n) is 1.54. The maximum absolute atomic E-state index is 12.8. The van der Waals surface area contributed by atoms with Gasteiger partial charge in [-0.1, -0.05) is 12.1 Å². The Labute approximate surface area is 92.4 Å². The molecule has 1 nitrogen and oxygen atoms in total. The molecule has 3 heteroatoms. The lowest BCUT2D eigenvalue weighted by Crippen LogP contribution is -1.95. The molecular weight excluding hydrogens is 209 g/mol. The summed E-state index contributed by atoms with van der Waals surface area (Å²) in [5, 5.41) is 2.06. The molecule has 78 valence electrons. The molecule has 0 unspecified atom stereocenters. The minimum atomic E-state index is -0.202. The van der Waals surface area contributed by atoms with Crippen molar-refractivity contribution in [2.45, 2.75) is 13.5 Å². The second-order valence-corrected chi connectivity index (χ2v) is 4.31. The zero-order valence-corrected chi connectivity index (χ0v) is 9.27. The van der Waals surface area contributed by atoms with Crippen molar-refractivity contribution in [2.75, 3.05) is 0 Å². The van der Waals surface area contributed by atoms with E-state index in [-0.39, 0.29) is 5.82 Å². The Balaban J connectivity index is 2.45. The molecule has 2 aromatic rings. The smallest absolute Gasteiger partial charge is 0.123 e. The van der Waals surface area contributed by atoms with E-state index >= 15 is 0 Å². The Morgan fingerprint density at radius 1 is 1.27 bits per heavy atom. The zero-order chi connectivity index (χ0) is 10.8. The van der Waals surface area contributed by atoms with E-state index in [1.54, 1.807) is 23.5 Å². The molecule has 0 spiro atoms. The van der Waals surface area contributed by atoms with E-state index in [4.69, 9.17) is 5.73 Å². The normalized spacial score (nSPS) is 10.6. The van der Waals surface area contributed by atoms with E-state index in [0.29, 0.717) is 6.54 Å². The average Bonchev–Trinajstić information content (AvgIpc) is 2.61. The summed E-state index contributed by atoms with van der Waals surface area (Å²) in [6.07, 6.45) is 0. The summed E-state index contributed by atoms with van der Waals surface area (Å²) in [4.78, 5) is 1.18. The van der Waals surface area contributed by atoms with Gasteiger partial charge >= 0.3 is 0 Å². The number of rotatable bonds is 2. The molecule has 2 N–H and O–H groups in total. The molecule has 0 atom stereocenters. The molecular formula is C12H12FNS. The molecule has 1 aromatic carbocycles. The maximum Gasteiger partial charge on any atom is 0.123 e. The molecule has 0 bridgehead atoms. The van der Waals surface area contributed by atoms with Crippen LogP contribution >= 0.6 is 11.3 Å². The van der Waals surface area contributed by atoms with Gasteiger partial charge in [0, 0.05) is 11.4 Å². The Morgan fingerprint density at radius 2 is 1.93 bits per heavy atom. The van der Waals surface area contributed by atoms with E-state index < -0.39 is 0 Å². The van der Waals surface area contributed by atoms with Gasteiger partial charge in [0.05, 0.1) is 0 Å². The number of hydrogen-bond donors (Lipinski definition) is 1. The van der Waals surface area contributed by atoms with Gasteiger partial charge in [-0.05, 0) is 41.1 Å². The van der Waals surface area contributed by atoms with Crippen LogP contribution in [0.2, 0.25) is 0 Å². The molecule has 2 rings (SSSR count). The van der Waals surface area contributed by atoms with Crippen LogP contribution in [-0.2, 0) is 6.54 Å². The van der Waals surface area contributed by atoms with Gasteiger partial charge in [0.15, 0.2) is 0 Å². The lowest BCUT2D eigenvalue weighted by atomic mass is 10.1. The lowest BCUT2D eigenvalue weighted by molar-refractivity contribution is 0.628. The van der Waals surface area contributed by atoms with Gasteiger partial charge in [-0.2, -0.15) is 0 Å². The summed E-state index contributed by atoms with van der Waals surface area (Å²) in [6, 6.07) is 6.57. The Hall–Kier alpha value is -1.19. The fourth-order valence-corrected chi connectivity index (χ4v) is 2.65. The van der Waals surface area contributed by atoms with Gasteiger partial charge in [0.2, 0.25) is 0 Å². The summed E-state index contributed by atoms with van der Waals surface area (Å²) >= 11 is 1.66. The number of benzene rings is 1. The van der Waals surface area contributed by atoms with E-state index in [1.807, 2.05) is 0 Å². The highest BCUT2D eigenvalue weighted by molar-refractivity contribution is 7.14. The molecule has 0 radical (unpaired) electrons. The molecule has 0 saturated carbocycles. The Bertz CT molecular complexity index is 459. The number of thiophene rings is 1. The summed E-state index contributed by atoms with van der Waals surface area (Å²) in [5.74, 6) is -0.202. The van der Waals surface area contributed by atoms with Crippen molar-refractivity contribution in [3.8, 4) is 10.4 Å². The highest BCUT2D eigenvalue weighted by Gasteiger charge is 2.07. The van der Waals surface area contributed by atoms with Crippen molar-refractivity contribution in [2.24, 2.45) is 5.73 Å². The molecule has 0 aliphatic carbocycles. The third-order valence-electron chi connectivity index (χ3n) is 2.47. The minimum Gasteiger partial charge on any atom is -0.326 e. The van der Waals surface area contributed by atoms with Gasteiger partial charge in [-0.15, -0.1) is 11.3 Å². The Morgan fingerprint density at radius 3 is 2.47 bits per heavy atom. The van der Waals surface area contributed by atoms with Crippen molar-refractivity contribution < 1.29 is 4.39 Å². The topological polar surface area (TPSA) is 26.0 Å². The molecule has 0 aliphatic rings. The third-order valence-corrected chi connectivity index (χ3v) is 3.65. The van der Waals surface area contributed by atoms with Gasteiger partial charge in [-0.25, -0.2) is 4.39 Å². The van der Waals surface area contributed by atoms with Crippen LogP contribution in [0.1, 0.15) is 11.1 Å². The molecule has 0 aliphatic heterocycles. The van der Waals surface area contributed by atoms with Gasteiger partial charge in [0.25, 0.3) is 0 Å². The third kappa shape index (κ3) is 1.94. The first-order valence-corrected chi connectivity index (χ1v) is 5.63. The van der Waals surface area contributed by atoms with Gasteiger partial charge in [-0.3, -0.25) is 0 Å². The van der Waals surface area contributed by atoms with Crippen molar-refractivity contribution in [1.82, 2.24) is 0 Å². The van der Waals surface area contributed by atoms with Crippen LogP contribution in [-0.4, -0.2) is 0 Å². The number of nitrogens with two attached hydrogens (primary N) is 1. The summed E-state index contributed by atoms with van der Waals surface area (Å²) in [6.45, 7) is 2.61. The quantitative estimate of drug-likeness (QED) is 0.827. The predicted octanol–water partition coefficient (Wildman–Crippen LogP) is 3.32.